The summed E-state index contributed by atoms with van der Waals surface area (Å²) in [5.74, 6) is 0.692. The second-order valence-corrected chi connectivity index (χ2v) is 8.08. The third-order valence-corrected chi connectivity index (χ3v) is 5.78. The molecule has 1 unspecified atom stereocenters. The van der Waals surface area contributed by atoms with Crippen molar-refractivity contribution in [1.82, 2.24) is 15.6 Å². The number of aliphatic imine (C=N–C) groups is 1. The molecule has 3 heterocycles. The van der Waals surface area contributed by atoms with Crippen LogP contribution in [0.3, 0.4) is 0 Å². The van der Waals surface area contributed by atoms with E-state index in [0.29, 0.717) is 25.3 Å². The Bertz CT molecular complexity index is 913. The average Bonchev–Trinajstić information content (AvgIpc) is 3.45. The van der Waals surface area contributed by atoms with Gasteiger partial charge >= 0.3 is 0 Å². The zero-order valence-electron chi connectivity index (χ0n) is 18.0. The van der Waals surface area contributed by atoms with Crippen molar-refractivity contribution in [2.75, 3.05) is 42.5 Å². The largest absolute Gasteiger partial charge is 0.367 e. The van der Waals surface area contributed by atoms with E-state index in [0.717, 1.165) is 49.5 Å². The van der Waals surface area contributed by atoms with Crippen molar-refractivity contribution < 1.29 is 8.78 Å². The maximum atomic E-state index is 14.1. The Morgan fingerprint density at radius 3 is 2.74 bits per heavy atom. The molecule has 8 heteroatoms. The van der Waals surface area contributed by atoms with Crippen LogP contribution in [0.5, 0.6) is 0 Å². The number of benzene rings is 1. The van der Waals surface area contributed by atoms with Gasteiger partial charge in [-0.3, -0.25) is 0 Å². The highest BCUT2D eigenvalue weighted by atomic mass is 19.1. The fraction of sp³-hybridized carbons (Fsp3) is 0.478. The number of nitrogens with one attached hydrogen (secondary N) is 2. The van der Waals surface area contributed by atoms with Crippen molar-refractivity contribution >= 4 is 17.5 Å². The minimum Gasteiger partial charge on any atom is -0.367 e. The topological polar surface area (TPSA) is 55.8 Å². The summed E-state index contributed by atoms with van der Waals surface area (Å²) in [5, 5.41) is 6.76. The van der Waals surface area contributed by atoms with Crippen LogP contribution in [0.4, 0.5) is 20.3 Å². The molecule has 4 rings (SSSR count). The SMILES string of the molecule is CCNC(=NCc1ccnc(N2CCCC2)c1)NC1CCN(c2ccc(F)cc2F)C1. The molecule has 0 bridgehead atoms. The number of nitrogens with zero attached hydrogens (tertiary/aromatic N) is 4. The van der Waals surface area contributed by atoms with Gasteiger partial charge in [-0.1, -0.05) is 0 Å². The van der Waals surface area contributed by atoms with Gasteiger partial charge in [0.1, 0.15) is 17.5 Å². The van der Waals surface area contributed by atoms with E-state index in [1.165, 1.54) is 25.0 Å². The lowest BCUT2D eigenvalue weighted by Gasteiger charge is -2.21. The van der Waals surface area contributed by atoms with Gasteiger partial charge in [0, 0.05) is 51.0 Å². The fourth-order valence-electron chi connectivity index (χ4n) is 4.20. The van der Waals surface area contributed by atoms with Crippen LogP contribution in [0, 0.1) is 11.6 Å². The second-order valence-electron chi connectivity index (χ2n) is 8.08. The molecule has 0 amide bonds. The third-order valence-electron chi connectivity index (χ3n) is 5.78. The number of guanidine groups is 1. The molecule has 0 aliphatic carbocycles. The van der Waals surface area contributed by atoms with Crippen LogP contribution in [0.2, 0.25) is 0 Å². The molecule has 1 aromatic carbocycles. The first kappa shape index (κ1) is 21.3. The van der Waals surface area contributed by atoms with Gasteiger partial charge in [-0.2, -0.15) is 0 Å². The lowest BCUT2D eigenvalue weighted by Crippen LogP contribution is -2.44. The predicted octanol–water partition coefficient (Wildman–Crippen LogP) is 3.29. The van der Waals surface area contributed by atoms with Crippen LogP contribution in [0.15, 0.2) is 41.5 Å². The first-order chi connectivity index (χ1) is 15.1. The molecule has 31 heavy (non-hydrogen) atoms. The fourth-order valence-corrected chi connectivity index (χ4v) is 4.20. The van der Waals surface area contributed by atoms with Gasteiger partial charge < -0.3 is 20.4 Å². The second kappa shape index (κ2) is 9.94. The molecule has 0 saturated carbocycles. The Morgan fingerprint density at radius 1 is 1.13 bits per heavy atom. The van der Waals surface area contributed by atoms with Gasteiger partial charge in [-0.15, -0.1) is 0 Å². The van der Waals surface area contributed by atoms with Gasteiger partial charge in [0.15, 0.2) is 5.96 Å². The van der Waals surface area contributed by atoms with Crippen LogP contribution in [0.25, 0.3) is 0 Å². The molecule has 166 valence electrons. The monoisotopic (exact) mass is 428 g/mol. The lowest BCUT2D eigenvalue weighted by molar-refractivity contribution is 0.580. The molecule has 1 aromatic heterocycles. The Hall–Kier alpha value is -2.90. The summed E-state index contributed by atoms with van der Waals surface area (Å²) < 4.78 is 27.3. The molecule has 6 nitrogen and oxygen atoms in total. The van der Waals surface area contributed by atoms with Crippen LogP contribution in [0.1, 0.15) is 31.7 Å². The van der Waals surface area contributed by atoms with Crippen LogP contribution >= 0.6 is 0 Å². The number of halogens is 2. The van der Waals surface area contributed by atoms with Gasteiger partial charge in [0.05, 0.1) is 12.2 Å². The van der Waals surface area contributed by atoms with Gasteiger partial charge in [0.2, 0.25) is 0 Å². The number of anilines is 2. The smallest absolute Gasteiger partial charge is 0.191 e. The van der Waals surface area contributed by atoms with Crippen LogP contribution in [-0.4, -0.2) is 49.7 Å². The Kier molecular flexibility index (Phi) is 6.84. The van der Waals surface area contributed by atoms with Gasteiger partial charge in [-0.25, -0.2) is 18.8 Å². The van der Waals surface area contributed by atoms with E-state index < -0.39 is 11.6 Å². The number of hydrogen-bond acceptors (Lipinski definition) is 4. The molecule has 2 saturated heterocycles. The Balaban J connectivity index is 1.38. The summed E-state index contributed by atoms with van der Waals surface area (Å²) >= 11 is 0. The Morgan fingerprint density at radius 2 is 1.97 bits per heavy atom. The molecule has 2 aliphatic heterocycles. The summed E-state index contributed by atoms with van der Waals surface area (Å²) in [7, 11) is 0. The van der Waals surface area contributed by atoms with E-state index in [1.807, 2.05) is 24.1 Å². The molecule has 2 fully saturated rings. The van der Waals surface area contributed by atoms with E-state index in [4.69, 9.17) is 4.99 Å². The summed E-state index contributed by atoms with van der Waals surface area (Å²) in [4.78, 5) is 13.5. The highest BCUT2D eigenvalue weighted by Crippen LogP contribution is 2.24. The van der Waals surface area contributed by atoms with Crippen LogP contribution < -0.4 is 20.4 Å². The van der Waals surface area contributed by atoms with E-state index in [9.17, 15) is 8.78 Å². The van der Waals surface area contributed by atoms with Crippen LogP contribution in [-0.2, 0) is 6.54 Å². The van der Waals surface area contributed by atoms with Gasteiger partial charge in [-0.05, 0) is 56.0 Å². The van der Waals surface area contributed by atoms with E-state index in [1.54, 1.807) is 0 Å². The standard InChI is InChI=1S/C23H30F2N6/c1-2-26-23(28-15-17-7-9-27-22(13-17)30-10-3-4-11-30)29-19-8-12-31(16-19)21-6-5-18(24)14-20(21)25/h5-7,9,13-14,19H,2-4,8,10-12,15-16H2,1H3,(H2,26,28,29). The quantitative estimate of drug-likeness (QED) is 0.546. The van der Waals surface area contributed by atoms with Crippen molar-refractivity contribution in [2.45, 2.75) is 38.8 Å². The molecular formula is C23H30F2N6. The van der Waals surface area contributed by atoms with E-state index in [2.05, 4.69) is 26.6 Å². The average molecular weight is 429 g/mol. The van der Waals surface area contributed by atoms with Crippen molar-refractivity contribution in [3.05, 3.63) is 53.7 Å². The minimum absolute atomic E-state index is 0.139. The Labute approximate surface area is 182 Å². The summed E-state index contributed by atoms with van der Waals surface area (Å²) in [6, 6.07) is 8.00. The lowest BCUT2D eigenvalue weighted by atomic mass is 10.2. The molecular weight excluding hydrogens is 398 g/mol. The zero-order chi connectivity index (χ0) is 21.6. The maximum Gasteiger partial charge on any atom is 0.191 e. The molecule has 1 atom stereocenters. The number of hydrogen-bond donors (Lipinski definition) is 2. The van der Waals surface area contributed by atoms with Gasteiger partial charge in [0.25, 0.3) is 0 Å². The van der Waals surface area contributed by atoms with Crippen molar-refractivity contribution in [3.63, 3.8) is 0 Å². The highest BCUT2D eigenvalue weighted by Gasteiger charge is 2.25. The first-order valence-electron chi connectivity index (χ1n) is 11.1. The highest BCUT2D eigenvalue weighted by molar-refractivity contribution is 5.80. The zero-order valence-corrected chi connectivity index (χ0v) is 18.0. The van der Waals surface area contributed by atoms with Crippen molar-refractivity contribution in [1.29, 1.82) is 0 Å². The number of pyridine rings is 1. The summed E-state index contributed by atoms with van der Waals surface area (Å²) in [5.41, 5.74) is 1.56. The van der Waals surface area contributed by atoms with Crippen molar-refractivity contribution in [3.8, 4) is 0 Å². The molecule has 0 spiro atoms. The third kappa shape index (κ3) is 5.42. The predicted molar refractivity (Wildman–Crippen MR) is 121 cm³/mol. The molecule has 0 radical (unpaired) electrons. The number of aromatic nitrogens is 1. The minimum atomic E-state index is -0.555. The number of rotatable bonds is 6. The summed E-state index contributed by atoms with van der Waals surface area (Å²) in [6.07, 6.45) is 5.15. The maximum absolute atomic E-state index is 14.1. The van der Waals surface area contributed by atoms with E-state index in [-0.39, 0.29) is 6.04 Å². The van der Waals surface area contributed by atoms with Crippen molar-refractivity contribution in [2.24, 2.45) is 4.99 Å². The normalized spacial score (nSPS) is 19.2. The first-order valence-corrected chi connectivity index (χ1v) is 11.1. The van der Waals surface area contributed by atoms with E-state index >= 15 is 0 Å². The molecule has 2 aliphatic rings. The molecule has 2 aromatic rings. The molecule has 2 N–H and O–H groups in total. The summed E-state index contributed by atoms with van der Waals surface area (Å²) in [6.45, 7) is 6.83.